The van der Waals surface area contributed by atoms with Gasteiger partial charge < -0.3 is 10.8 Å². The van der Waals surface area contributed by atoms with Gasteiger partial charge in [0.2, 0.25) is 0 Å². The number of aromatic nitrogens is 2. The van der Waals surface area contributed by atoms with Gasteiger partial charge in [-0.2, -0.15) is 0 Å². The Labute approximate surface area is 90.3 Å². The third-order valence-electron chi connectivity index (χ3n) is 1.43. The van der Waals surface area contributed by atoms with Gasteiger partial charge in [0.15, 0.2) is 0 Å². The number of hydrogen-bond donors (Lipinski definition) is 2. The molecule has 78 valence electrons. The summed E-state index contributed by atoms with van der Waals surface area (Å²) in [6.07, 6.45) is -1.33. The van der Waals surface area contributed by atoms with E-state index >= 15 is 0 Å². The summed E-state index contributed by atoms with van der Waals surface area (Å²) in [5.41, 5.74) is 6.11. The number of rotatable bonds is 1. The van der Waals surface area contributed by atoms with Crippen molar-refractivity contribution in [2.45, 2.75) is 0 Å². The molecule has 0 atom stereocenters. The summed E-state index contributed by atoms with van der Waals surface area (Å²) >= 11 is 1.37. The zero-order valence-electron chi connectivity index (χ0n) is 7.70. The van der Waals surface area contributed by atoms with Crippen molar-refractivity contribution < 1.29 is 9.90 Å². The average Bonchev–Trinajstić information content (AvgIpc) is 2.71. The predicted molar refractivity (Wildman–Crippen MR) is 57.6 cm³/mol. The summed E-state index contributed by atoms with van der Waals surface area (Å²) in [6.45, 7) is 0. The fourth-order valence-electron chi connectivity index (χ4n) is 0.899. The van der Waals surface area contributed by atoms with Crippen molar-refractivity contribution in [1.82, 2.24) is 9.59 Å². The van der Waals surface area contributed by atoms with Crippen molar-refractivity contribution >= 4 is 17.6 Å². The van der Waals surface area contributed by atoms with Gasteiger partial charge in [-0.15, -0.1) is 5.10 Å². The zero-order valence-corrected chi connectivity index (χ0v) is 8.52. The summed E-state index contributed by atoms with van der Waals surface area (Å²) in [6, 6.07) is 10.0. The van der Waals surface area contributed by atoms with Crippen LogP contribution in [0.1, 0.15) is 0 Å². The summed E-state index contributed by atoms with van der Waals surface area (Å²) in [4.78, 5) is 8.78. The minimum absolute atomic E-state index is 0.954. The van der Waals surface area contributed by atoms with Gasteiger partial charge in [-0.25, -0.2) is 4.79 Å². The van der Waals surface area contributed by atoms with E-state index in [0.717, 1.165) is 11.3 Å². The highest BCUT2D eigenvalue weighted by Crippen LogP contribution is 2.15. The third-order valence-corrected chi connectivity index (χ3v) is 1.93. The summed E-state index contributed by atoms with van der Waals surface area (Å²) in [5.74, 6) is 0. The highest BCUT2D eigenvalue weighted by Gasteiger charge is 1.96. The van der Waals surface area contributed by atoms with Gasteiger partial charge in [0.25, 0.3) is 0 Å². The van der Waals surface area contributed by atoms with E-state index in [4.69, 9.17) is 9.90 Å². The van der Waals surface area contributed by atoms with Crippen molar-refractivity contribution in [3.8, 4) is 11.3 Å². The van der Waals surface area contributed by atoms with Crippen LogP contribution in [0.5, 0.6) is 0 Å². The largest absolute Gasteiger partial charge is 0.465 e. The maximum absolute atomic E-state index is 8.78. The molecule has 0 aliphatic heterocycles. The maximum atomic E-state index is 8.78. The molecule has 1 aromatic heterocycles. The summed E-state index contributed by atoms with van der Waals surface area (Å²) < 4.78 is 3.79. The first-order valence-corrected chi connectivity index (χ1v) is 4.84. The number of nitrogens with zero attached hydrogens (tertiary/aromatic N) is 2. The fraction of sp³-hybridized carbons (Fsp3) is 0. The minimum atomic E-state index is -1.33. The fourth-order valence-corrected chi connectivity index (χ4v) is 1.36. The van der Waals surface area contributed by atoms with E-state index in [-0.39, 0.29) is 0 Å². The van der Waals surface area contributed by atoms with Crippen molar-refractivity contribution in [2.75, 3.05) is 0 Å². The second-order valence-corrected chi connectivity index (χ2v) is 3.10. The summed E-state index contributed by atoms with van der Waals surface area (Å²) in [5, 5.41) is 13.1. The van der Waals surface area contributed by atoms with Crippen molar-refractivity contribution in [2.24, 2.45) is 5.73 Å². The number of benzene rings is 1. The Hall–Kier alpha value is -1.95. The quantitative estimate of drug-likeness (QED) is 0.771. The highest BCUT2D eigenvalue weighted by molar-refractivity contribution is 7.03. The molecule has 3 N–H and O–H groups in total. The van der Waals surface area contributed by atoms with Crippen LogP contribution >= 0.6 is 11.5 Å². The van der Waals surface area contributed by atoms with E-state index < -0.39 is 6.09 Å². The molecule has 0 saturated carbocycles. The molecule has 0 unspecified atom stereocenters. The van der Waals surface area contributed by atoms with Crippen LogP contribution in [0.3, 0.4) is 0 Å². The Morgan fingerprint density at radius 3 is 2.40 bits per heavy atom. The zero-order chi connectivity index (χ0) is 11.1. The molecule has 2 aromatic rings. The lowest BCUT2D eigenvalue weighted by atomic mass is 10.2. The average molecular weight is 223 g/mol. The van der Waals surface area contributed by atoms with Gasteiger partial charge in [0.05, 0.1) is 0 Å². The smallest absolute Gasteiger partial charge is 0.402 e. The van der Waals surface area contributed by atoms with Crippen LogP contribution in [0.25, 0.3) is 11.3 Å². The molecule has 5 nitrogen and oxygen atoms in total. The van der Waals surface area contributed by atoms with E-state index in [1.54, 1.807) is 0 Å². The van der Waals surface area contributed by atoms with Crippen LogP contribution < -0.4 is 5.73 Å². The Kier molecular flexibility index (Phi) is 4.24. The minimum Gasteiger partial charge on any atom is -0.465 e. The van der Waals surface area contributed by atoms with Crippen LogP contribution in [-0.4, -0.2) is 20.8 Å². The molecule has 1 amide bonds. The molecule has 1 heterocycles. The molecule has 0 bridgehead atoms. The van der Waals surface area contributed by atoms with Gasteiger partial charge in [0.1, 0.15) is 5.69 Å². The highest BCUT2D eigenvalue weighted by atomic mass is 32.1. The van der Waals surface area contributed by atoms with Crippen LogP contribution in [0, 0.1) is 0 Å². The number of primary amides is 1. The lowest BCUT2D eigenvalue weighted by Crippen LogP contribution is -2.03. The standard InChI is InChI=1S/C8H6N2S.CH3NO2/c1-2-4-7(5-3-1)8-6-11-10-9-8;2-1(3)4/h1-6H;2H2,(H,3,4). The molecule has 0 saturated heterocycles. The topological polar surface area (TPSA) is 89.1 Å². The Morgan fingerprint density at radius 1 is 1.33 bits per heavy atom. The molecule has 0 fully saturated rings. The normalized spacial score (nSPS) is 8.80. The second-order valence-electron chi connectivity index (χ2n) is 2.49. The van der Waals surface area contributed by atoms with Crippen molar-refractivity contribution in [1.29, 1.82) is 0 Å². The number of hydrogen-bond acceptors (Lipinski definition) is 4. The van der Waals surface area contributed by atoms with Crippen LogP contribution in [0.4, 0.5) is 4.79 Å². The van der Waals surface area contributed by atoms with E-state index in [0.29, 0.717) is 0 Å². The first-order chi connectivity index (χ1) is 7.20. The molecule has 6 heteroatoms. The van der Waals surface area contributed by atoms with E-state index in [1.807, 2.05) is 35.7 Å². The Balaban J connectivity index is 0.000000245. The molecule has 2 rings (SSSR count). The van der Waals surface area contributed by atoms with E-state index in [9.17, 15) is 0 Å². The van der Waals surface area contributed by atoms with Crippen molar-refractivity contribution in [3.63, 3.8) is 0 Å². The van der Waals surface area contributed by atoms with Crippen molar-refractivity contribution in [3.05, 3.63) is 35.7 Å². The molecule has 0 aliphatic rings. The Bertz CT molecular complexity index is 399. The first kappa shape index (κ1) is 11.1. The molecule has 1 aromatic carbocycles. The van der Waals surface area contributed by atoms with Crippen LogP contribution in [-0.2, 0) is 0 Å². The monoisotopic (exact) mass is 223 g/mol. The Morgan fingerprint density at radius 2 is 1.93 bits per heavy atom. The number of carboxylic acid groups (broad SMARTS) is 1. The van der Waals surface area contributed by atoms with Gasteiger partial charge in [0, 0.05) is 10.9 Å². The number of carbonyl (C=O) groups is 1. The number of amides is 1. The first-order valence-electron chi connectivity index (χ1n) is 4.01. The van der Waals surface area contributed by atoms with Gasteiger partial charge in [-0.1, -0.05) is 34.8 Å². The molecule has 0 spiro atoms. The van der Waals surface area contributed by atoms with Crippen LogP contribution in [0.15, 0.2) is 35.7 Å². The van der Waals surface area contributed by atoms with Gasteiger partial charge >= 0.3 is 6.09 Å². The molecule has 15 heavy (non-hydrogen) atoms. The summed E-state index contributed by atoms with van der Waals surface area (Å²) in [7, 11) is 0. The number of nitrogens with two attached hydrogens (primary N) is 1. The second kappa shape index (κ2) is 5.71. The lowest BCUT2D eigenvalue weighted by Gasteiger charge is -1.90. The van der Waals surface area contributed by atoms with E-state index in [2.05, 4.69) is 15.3 Å². The van der Waals surface area contributed by atoms with Gasteiger partial charge in [-0.05, 0) is 11.5 Å². The predicted octanol–water partition coefficient (Wildman–Crippen LogP) is 1.83. The van der Waals surface area contributed by atoms with E-state index in [1.165, 1.54) is 11.5 Å². The van der Waals surface area contributed by atoms with Crippen LogP contribution in [0.2, 0.25) is 0 Å². The molecule has 0 aliphatic carbocycles. The molecular formula is C9H9N3O2S. The molecule has 0 radical (unpaired) electrons. The SMILES string of the molecule is NC(=O)O.c1ccc(-c2csnn2)cc1. The maximum Gasteiger partial charge on any atom is 0.402 e. The third kappa shape index (κ3) is 4.19. The molecular weight excluding hydrogens is 214 g/mol. The lowest BCUT2D eigenvalue weighted by molar-refractivity contribution is 0.205. The van der Waals surface area contributed by atoms with Gasteiger partial charge in [-0.3, -0.25) is 0 Å².